The van der Waals surface area contributed by atoms with Crippen LogP contribution in [0, 0.1) is 0 Å². The van der Waals surface area contributed by atoms with E-state index in [9.17, 15) is 0 Å². The zero-order valence-corrected chi connectivity index (χ0v) is 28.3. The van der Waals surface area contributed by atoms with Gasteiger partial charge in [-0.3, -0.25) is 0 Å². The van der Waals surface area contributed by atoms with Gasteiger partial charge in [0.15, 0.2) is 0 Å². The molecule has 0 bridgehead atoms. The summed E-state index contributed by atoms with van der Waals surface area (Å²) in [5.74, 6) is 0. The van der Waals surface area contributed by atoms with Crippen molar-refractivity contribution in [2.75, 3.05) is 0 Å². The number of benzene rings is 11. The standard InChI is InChI=1S/C52H30/c1-3-16-40-31(9-1)25-26-45-46(40)29-36-10-2-4-17-41(36)48(45)37-15-5-14-35(27-37)39-28-38-24-23-34-12-7-19-43-42-18-6-11-32-21-22-33-13-8-20-44(51(33)49(32)42)47(30-39)52(38)50(34)43/h1-30H. The number of hydrogen-bond acceptors (Lipinski definition) is 0. The predicted octanol–water partition coefficient (Wildman–Crippen LogP) is 14.8. The molecule has 12 aromatic rings. The van der Waals surface area contributed by atoms with Crippen LogP contribution in [0.5, 0.6) is 0 Å². The molecule has 0 heterocycles. The Bertz CT molecular complexity index is 3450. The van der Waals surface area contributed by atoms with Crippen LogP contribution in [0.4, 0.5) is 0 Å². The van der Waals surface area contributed by atoms with E-state index in [2.05, 4.69) is 182 Å². The lowest BCUT2D eigenvalue weighted by atomic mass is 9.86. The summed E-state index contributed by atoms with van der Waals surface area (Å²) in [6.45, 7) is 0. The van der Waals surface area contributed by atoms with Crippen LogP contribution in [-0.4, -0.2) is 0 Å². The van der Waals surface area contributed by atoms with Crippen LogP contribution in [0.15, 0.2) is 182 Å². The summed E-state index contributed by atoms with van der Waals surface area (Å²) in [6.07, 6.45) is 0. The molecule has 0 amide bonds. The molecule has 0 fully saturated rings. The van der Waals surface area contributed by atoms with E-state index < -0.39 is 0 Å². The van der Waals surface area contributed by atoms with Crippen molar-refractivity contribution in [3.8, 4) is 22.3 Å². The lowest BCUT2D eigenvalue weighted by Gasteiger charge is -2.17. The van der Waals surface area contributed by atoms with Crippen molar-refractivity contribution in [3.63, 3.8) is 0 Å². The quantitative estimate of drug-likeness (QED) is 0.129. The Kier molecular flexibility index (Phi) is 5.59. The average molecular weight is 655 g/mol. The zero-order chi connectivity index (χ0) is 33.9. The molecule has 12 aromatic carbocycles. The Balaban J connectivity index is 1.20. The Hall–Kier alpha value is -6.76. The number of fused-ring (bicyclic) bond motifs is 6. The molecule has 52 heavy (non-hydrogen) atoms. The molecule has 0 unspecified atom stereocenters. The molecule has 238 valence electrons. The van der Waals surface area contributed by atoms with Crippen molar-refractivity contribution in [3.05, 3.63) is 182 Å². The first-order valence-corrected chi connectivity index (χ1v) is 18.2. The first-order valence-electron chi connectivity index (χ1n) is 18.2. The van der Waals surface area contributed by atoms with Crippen molar-refractivity contribution < 1.29 is 0 Å². The normalized spacial score (nSPS) is 12.2. The van der Waals surface area contributed by atoms with E-state index in [0.717, 1.165) is 0 Å². The van der Waals surface area contributed by atoms with Gasteiger partial charge in [-0.1, -0.05) is 158 Å². The van der Waals surface area contributed by atoms with E-state index in [1.165, 1.54) is 119 Å². The Morgan fingerprint density at radius 3 is 1.40 bits per heavy atom. The van der Waals surface area contributed by atoms with E-state index >= 15 is 0 Å². The number of hydrogen-bond donors (Lipinski definition) is 0. The van der Waals surface area contributed by atoms with E-state index in [1.54, 1.807) is 0 Å². The summed E-state index contributed by atoms with van der Waals surface area (Å²) < 4.78 is 0. The van der Waals surface area contributed by atoms with Gasteiger partial charge in [0.05, 0.1) is 0 Å². The first-order chi connectivity index (χ1) is 25.8. The molecule has 0 saturated heterocycles. The molecule has 0 aliphatic rings. The molecule has 0 aliphatic carbocycles. The van der Waals surface area contributed by atoms with Gasteiger partial charge in [-0.05, 0) is 143 Å². The fraction of sp³-hybridized carbons (Fsp3) is 0. The minimum atomic E-state index is 1.22. The van der Waals surface area contributed by atoms with Gasteiger partial charge in [-0.15, -0.1) is 0 Å². The van der Waals surface area contributed by atoms with Gasteiger partial charge in [-0.2, -0.15) is 0 Å². The van der Waals surface area contributed by atoms with E-state index in [-0.39, 0.29) is 0 Å². The highest BCUT2D eigenvalue weighted by atomic mass is 14.2. The van der Waals surface area contributed by atoms with E-state index in [1.807, 2.05) is 0 Å². The van der Waals surface area contributed by atoms with Gasteiger partial charge in [0, 0.05) is 0 Å². The van der Waals surface area contributed by atoms with Gasteiger partial charge >= 0.3 is 0 Å². The molecule has 12 rings (SSSR count). The summed E-state index contributed by atoms with van der Waals surface area (Å²) in [5.41, 5.74) is 4.98. The molecular weight excluding hydrogens is 625 g/mol. The van der Waals surface area contributed by atoms with E-state index in [4.69, 9.17) is 0 Å². The SMILES string of the molecule is c1cc(-c2cc3ccc4cccc5c6cccc7ccc8cccc(c(c2)c3c45)c8c76)cc(-c2c3ccccc3cc3c2ccc2ccccc23)c1. The van der Waals surface area contributed by atoms with Crippen molar-refractivity contribution in [2.24, 2.45) is 0 Å². The number of rotatable bonds is 2. The third kappa shape index (κ3) is 3.81. The molecule has 0 heteroatoms. The third-order valence-electron chi connectivity index (χ3n) is 11.7. The largest absolute Gasteiger partial charge is 0.0616 e. The van der Waals surface area contributed by atoms with Gasteiger partial charge < -0.3 is 0 Å². The van der Waals surface area contributed by atoms with Crippen molar-refractivity contribution >= 4 is 97.0 Å². The summed E-state index contributed by atoms with van der Waals surface area (Å²) in [6, 6.07) is 68.3. The van der Waals surface area contributed by atoms with Gasteiger partial charge in [0.2, 0.25) is 0 Å². The summed E-state index contributed by atoms with van der Waals surface area (Å²) in [5, 5.41) is 23.4. The van der Waals surface area contributed by atoms with Gasteiger partial charge in [0.1, 0.15) is 0 Å². The highest BCUT2D eigenvalue weighted by Crippen LogP contribution is 2.45. The van der Waals surface area contributed by atoms with Crippen molar-refractivity contribution in [1.82, 2.24) is 0 Å². The van der Waals surface area contributed by atoms with Crippen LogP contribution in [0.1, 0.15) is 0 Å². The molecular formula is C52H30. The van der Waals surface area contributed by atoms with Crippen LogP contribution in [0.3, 0.4) is 0 Å². The van der Waals surface area contributed by atoms with Gasteiger partial charge in [0.25, 0.3) is 0 Å². The lowest BCUT2D eigenvalue weighted by molar-refractivity contribution is 1.64. The molecule has 0 saturated carbocycles. The van der Waals surface area contributed by atoms with Crippen LogP contribution >= 0.6 is 0 Å². The second-order valence-electron chi connectivity index (χ2n) is 14.4. The van der Waals surface area contributed by atoms with E-state index in [0.29, 0.717) is 0 Å². The van der Waals surface area contributed by atoms with Crippen molar-refractivity contribution in [2.45, 2.75) is 0 Å². The maximum absolute atomic E-state index is 2.47. The molecule has 0 N–H and O–H groups in total. The smallest absolute Gasteiger partial charge is 0.00199 e. The second-order valence-corrected chi connectivity index (χ2v) is 14.4. The Labute approximate surface area is 300 Å². The molecule has 0 radical (unpaired) electrons. The zero-order valence-electron chi connectivity index (χ0n) is 28.3. The lowest BCUT2D eigenvalue weighted by Crippen LogP contribution is -1.90. The maximum atomic E-state index is 2.47. The maximum Gasteiger partial charge on any atom is -0.00199 e. The first kappa shape index (κ1) is 28.0. The predicted molar refractivity (Wildman–Crippen MR) is 226 cm³/mol. The Morgan fingerprint density at radius 2 is 0.692 bits per heavy atom. The molecule has 0 spiro atoms. The van der Waals surface area contributed by atoms with Gasteiger partial charge in [-0.25, -0.2) is 0 Å². The Morgan fingerprint density at radius 1 is 0.192 bits per heavy atom. The van der Waals surface area contributed by atoms with Crippen LogP contribution in [-0.2, 0) is 0 Å². The molecule has 0 nitrogen and oxygen atoms in total. The molecule has 0 atom stereocenters. The highest BCUT2D eigenvalue weighted by Gasteiger charge is 2.17. The molecule has 0 aromatic heterocycles. The summed E-state index contributed by atoms with van der Waals surface area (Å²) >= 11 is 0. The average Bonchev–Trinajstić information content (AvgIpc) is 3.21. The van der Waals surface area contributed by atoms with Crippen LogP contribution in [0.2, 0.25) is 0 Å². The summed E-state index contributed by atoms with van der Waals surface area (Å²) in [4.78, 5) is 0. The highest BCUT2D eigenvalue weighted by molar-refractivity contribution is 6.37. The fourth-order valence-electron chi connectivity index (χ4n) is 9.44. The molecule has 0 aliphatic heterocycles. The minimum absolute atomic E-state index is 1.22. The topological polar surface area (TPSA) is 0 Å². The van der Waals surface area contributed by atoms with Crippen LogP contribution in [0.25, 0.3) is 119 Å². The third-order valence-corrected chi connectivity index (χ3v) is 11.7. The monoisotopic (exact) mass is 654 g/mol. The van der Waals surface area contributed by atoms with Crippen LogP contribution < -0.4 is 0 Å². The second kappa shape index (κ2) is 10.4. The van der Waals surface area contributed by atoms with Crippen molar-refractivity contribution in [1.29, 1.82) is 0 Å². The summed E-state index contributed by atoms with van der Waals surface area (Å²) in [7, 11) is 0. The minimum Gasteiger partial charge on any atom is -0.0616 e. The fourth-order valence-corrected chi connectivity index (χ4v) is 9.44.